The Bertz CT molecular complexity index is 362. The van der Waals surface area contributed by atoms with Crippen LogP contribution in [-0.4, -0.2) is 18.6 Å². The van der Waals surface area contributed by atoms with E-state index in [1.807, 2.05) is 31.2 Å². The number of nitrogens with zero attached hydrogens (tertiary/aromatic N) is 1. The molecule has 1 unspecified atom stereocenters. The van der Waals surface area contributed by atoms with Gasteiger partial charge in [-0.3, -0.25) is 4.79 Å². The summed E-state index contributed by atoms with van der Waals surface area (Å²) in [6.07, 6.45) is -0.371. The van der Waals surface area contributed by atoms with Crippen molar-refractivity contribution >= 4 is 11.6 Å². The van der Waals surface area contributed by atoms with E-state index in [-0.39, 0.29) is 12.0 Å². The summed E-state index contributed by atoms with van der Waals surface area (Å²) in [5, 5.41) is 0. The number of hydrogen-bond donors (Lipinski definition) is 0. The van der Waals surface area contributed by atoms with E-state index in [9.17, 15) is 4.79 Å². The fourth-order valence-corrected chi connectivity index (χ4v) is 1.69. The normalized spacial score (nSPS) is 20.3. The number of ether oxygens (including phenoxy) is 1. The number of amides is 1. The van der Waals surface area contributed by atoms with Crippen LogP contribution in [0, 0.1) is 0 Å². The van der Waals surface area contributed by atoms with Gasteiger partial charge in [0.05, 0.1) is 5.69 Å². The van der Waals surface area contributed by atoms with Gasteiger partial charge in [0.25, 0.3) is 5.91 Å². The number of carbonyl (C=O) groups excluding carboxylic acids is 1. The lowest BCUT2D eigenvalue weighted by Gasteiger charge is -2.32. The molecule has 0 fully saturated rings. The number of anilines is 1. The lowest BCUT2D eigenvalue weighted by molar-refractivity contribution is -0.125. The molecule has 0 aromatic heterocycles. The number of likely N-dealkylation sites (N-methyl/N-ethyl adjacent to an activating group) is 1. The summed E-state index contributed by atoms with van der Waals surface area (Å²) in [4.78, 5) is 13.5. The lowest BCUT2D eigenvalue weighted by atomic mass is 10.2. The highest BCUT2D eigenvalue weighted by Crippen LogP contribution is 2.33. The average Bonchev–Trinajstić information content (AvgIpc) is 2.20. The van der Waals surface area contributed by atoms with Crippen LogP contribution in [0.2, 0.25) is 0 Å². The molecule has 0 aliphatic carbocycles. The lowest BCUT2D eigenvalue weighted by Crippen LogP contribution is -2.44. The summed E-state index contributed by atoms with van der Waals surface area (Å²) in [6.45, 7) is 4.43. The van der Waals surface area contributed by atoms with Gasteiger partial charge in [0.15, 0.2) is 6.10 Å². The van der Waals surface area contributed by atoms with Crippen LogP contribution in [0.5, 0.6) is 5.75 Å². The Hall–Kier alpha value is -1.51. The van der Waals surface area contributed by atoms with Gasteiger partial charge in [-0.15, -0.1) is 0 Å². The van der Waals surface area contributed by atoms with Gasteiger partial charge in [0.2, 0.25) is 0 Å². The van der Waals surface area contributed by atoms with E-state index in [0.29, 0.717) is 6.54 Å². The molecule has 1 heterocycles. The van der Waals surface area contributed by atoms with Crippen molar-refractivity contribution in [3.8, 4) is 5.75 Å². The van der Waals surface area contributed by atoms with Crippen LogP contribution in [0.25, 0.3) is 0 Å². The standard InChI is InChI=1S/C11H13NO2/c1-3-12-9-6-4-5-7-10(9)14-8(2)11(12)13/h4-8H,3H2,1-2H3. The molecule has 1 atom stereocenters. The number of para-hydroxylation sites is 2. The molecule has 1 aromatic carbocycles. The summed E-state index contributed by atoms with van der Waals surface area (Å²) in [7, 11) is 0. The molecule has 0 N–H and O–H groups in total. The third-order valence-electron chi connectivity index (χ3n) is 2.39. The van der Waals surface area contributed by atoms with E-state index in [2.05, 4.69) is 0 Å². The van der Waals surface area contributed by atoms with Gasteiger partial charge < -0.3 is 9.64 Å². The zero-order valence-corrected chi connectivity index (χ0v) is 8.36. The number of benzene rings is 1. The van der Waals surface area contributed by atoms with Crippen LogP contribution >= 0.6 is 0 Å². The van der Waals surface area contributed by atoms with Crippen LogP contribution < -0.4 is 9.64 Å². The molecule has 0 bridgehead atoms. The predicted octanol–water partition coefficient (Wildman–Crippen LogP) is 1.82. The molecule has 74 valence electrons. The largest absolute Gasteiger partial charge is 0.479 e. The molecule has 0 radical (unpaired) electrons. The van der Waals surface area contributed by atoms with Gasteiger partial charge in [-0.25, -0.2) is 0 Å². The van der Waals surface area contributed by atoms with Crippen molar-refractivity contribution in [3.05, 3.63) is 24.3 Å². The van der Waals surface area contributed by atoms with Crippen molar-refractivity contribution in [2.24, 2.45) is 0 Å². The summed E-state index contributed by atoms with van der Waals surface area (Å²) in [5.41, 5.74) is 0.873. The summed E-state index contributed by atoms with van der Waals surface area (Å²) in [6, 6.07) is 7.62. The maximum atomic E-state index is 11.7. The molecule has 1 aliphatic rings. The summed E-state index contributed by atoms with van der Waals surface area (Å²) < 4.78 is 5.48. The summed E-state index contributed by atoms with van der Waals surface area (Å²) in [5.74, 6) is 0.827. The Balaban J connectivity index is 2.47. The van der Waals surface area contributed by atoms with Crippen LogP contribution in [0.3, 0.4) is 0 Å². The average molecular weight is 191 g/mol. The van der Waals surface area contributed by atoms with Gasteiger partial charge in [-0.1, -0.05) is 12.1 Å². The molecule has 3 heteroatoms. The van der Waals surface area contributed by atoms with Gasteiger partial charge in [-0.05, 0) is 26.0 Å². The smallest absolute Gasteiger partial charge is 0.267 e. The van der Waals surface area contributed by atoms with Crippen molar-refractivity contribution in [1.82, 2.24) is 0 Å². The van der Waals surface area contributed by atoms with E-state index < -0.39 is 0 Å². The van der Waals surface area contributed by atoms with E-state index in [1.165, 1.54) is 0 Å². The zero-order valence-electron chi connectivity index (χ0n) is 8.36. The first kappa shape index (κ1) is 9.06. The first-order valence-corrected chi connectivity index (χ1v) is 4.81. The summed E-state index contributed by atoms with van der Waals surface area (Å²) >= 11 is 0. The minimum atomic E-state index is -0.371. The minimum Gasteiger partial charge on any atom is -0.479 e. The fraction of sp³-hybridized carbons (Fsp3) is 0.364. The van der Waals surface area contributed by atoms with Crippen molar-refractivity contribution in [1.29, 1.82) is 0 Å². The predicted molar refractivity (Wildman–Crippen MR) is 54.6 cm³/mol. The first-order chi connectivity index (χ1) is 6.74. The maximum absolute atomic E-state index is 11.7. The third-order valence-corrected chi connectivity index (χ3v) is 2.39. The molecule has 14 heavy (non-hydrogen) atoms. The van der Waals surface area contributed by atoms with Crippen LogP contribution in [0.15, 0.2) is 24.3 Å². The third kappa shape index (κ3) is 1.25. The van der Waals surface area contributed by atoms with Gasteiger partial charge in [0.1, 0.15) is 5.75 Å². The van der Waals surface area contributed by atoms with Crippen molar-refractivity contribution in [2.45, 2.75) is 20.0 Å². The van der Waals surface area contributed by atoms with E-state index in [4.69, 9.17) is 4.74 Å². The van der Waals surface area contributed by atoms with Crippen LogP contribution in [0.4, 0.5) is 5.69 Å². The highest BCUT2D eigenvalue weighted by molar-refractivity contribution is 5.99. The molecule has 3 nitrogen and oxygen atoms in total. The molecule has 0 spiro atoms. The Morgan fingerprint density at radius 1 is 1.43 bits per heavy atom. The van der Waals surface area contributed by atoms with Crippen molar-refractivity contribution < 1.29 is 9.53 Å². The van der Waals surface area contributed by atoms with Crippen molar-refractivity contribution in [2.75, 3.05) is 11.4 Å². The molecule has 0 saturated heterocycles. The van der Waals surface area contributed by atoms with E-state index >= 15 is 0 Å². The van der Waals surface area contributed by atoms with Crippen LogP contribution in [0.1, 0.15) is 13.8 Å². The van der Waals surface area contributed by atoms with Gasteiger partial charge in [0, 0.05) is 6.54 Å². The number of fused-ring (bicyclic) bond motifs is 1. The Labute approximate surface area is 83.3 Å². The number of hydrogen-bond acceptors (Lipinski definition) is 2. The molecule has 0 saturated carbocycles. The Morgan fingerprint density at radius 2 is 2.14 bits per heavy atom. The second-order valence-electron chi connectivity index (χ2n) is 3.31. The molecule has 2 rings (SSSR count). The molecular formula is C11H13NO2. The quantitative estimate of drug-likeness (QED) is 0.677. The highest BCUT2D eigenvalue weighted by Gasteiger charge is 2.29. The zero-order chi connectivity index (χ0) is 10.1. The fourth-order valence-electron chi connectivity index (χ4n) is 1.69. The second-order valence-corrected chi connectivity index (χ2v) is 3.31. The Kier molecular flexibility index (Phi) is 2.15. The minimum absolute atomic E-state index is 0.0335. The Morgan fingerprint density at radius 3 is 2.86 bits per heavy atom. The molecule has 1 aromatic rings. The first-order valence-electron chi connectivity index (χ1n) is 4.81. The van der Waals surface area contributed by atoms with Crippen LogP contribution in [-0.2, 0) is 4.79 Å². The molecule has 1 aliphatic heterocycles. The van der Waals surface area contributed by atoms with E-state index in [0.717, 1.165) is 11.4 Å². The second kappa shape index (κ2) is 3.33. The monoisotopic (exact) mass is 191 g/mol. The van der Waals surface area contributed by atoms with Crippen molar-refractivity contribution in [3.63, 3.8) is 0 Å². The maximum Gasteiger partial charge on any atom is 0.267 e. The topological polar surface area (TPSA) is 29.5 Å². The SMILES string of the molecule is CCN1C(=O)C(C)Oc2ccccc21. The molecular weight excluding hydrogens is 178 g/mol. The van der Waals surface area contributed by atoms with E-state index in [1.54, 1.807) is 11.8 Å². The van der Waals surface area contributed by atoms with Gasteiger partial charge in [-0.2, -0.15) is 0 Å². The van der Waals surface area contributed by atoms with Gasteiger partial charge >= 0.3 is 0 Å². The number of rotatable bonds is 1. The number of carbonyl (C=O) groups is 1. The highest BCUT2D eigenvalue weighted by atomic mass is 16.5. The molecule has 1 amide bonds.